The van der Waals surface area contributed by atoms with Crippen molar-refractivity contribution in [1.82, 2.24) is 4.90 Å². The predicted molar refractivity (Wildman–Crippen MR) is 85.3 cm³/mol. The monoisotopic (exact) mass is 268 g/mol. The molecule has 0 bridgehead atoms. The number of hydrogen-bond acceptors (Lipinski definition) is 2. The van der Waals surface area contributed by atoms with Gasteiger partial charge in [-0.2, -0.15) is 0 Å². The molecule has 0 aromatic heterocycles. The van der Waals surface area contributed by atoms with Crippen molar-refractivity contribution < 1.29 is 0 Å². The fourth-order valence-electron chi connectivity index (χ4n) is 3.41. The number of rotatable bonds is 7. The van der Waals surface area contributed by atoms with E-state index < -0.39 is 0 Å². The van der Waals surface area contributed by atoms with E-state index >= 15 is 0 Å². The van der Waals surface area contributed by atoms with E-state index in [9.17, 15) is 0 Å². The van der Waals surface area contributed by atoms with E-state index in [-0.39, 0.29) is 0 Å². The van der Waals surface area contributed by atoms with Crippen LogP contribution in [0.4, 0.5) is 0 Å². The van der Waals surface area contributed by atoms with Gasteiger partial charge in [0.1, 0.15) is 0 Å². The van der Waals surface area contributed by atoms with Gasteiger partial charge in [-0.1, -0.05) is 34.1 Å². The van der Waals surface area contributed by atoms with E-state index in [0.29, 0.717) is 5.41 Å². The summed E-state index contributed by atoms with van der Waals surface area (Å²) in [5, 5.41) is 0. The van der Waals surface area contributed by atoms with E-state index in [1.54, 1.807) is 0 Å². The lowest BCUT2D eigenvalue weighted by Gasteiger charge is -2.38. The highest BCUT2D eigenvalue weighted by Crippen LogP contribution is 2.34. The SMILES string of the molecule is CCC(CCN)CCCN1CCC(C(C)(C)C)CC1. The van der Waals surface area contributed by atoms with Crippen molar-refractivity contribution in [2.45, 2.75) is 66.2 Å². The number of nitrogens with two attached hydrogens (primary N) is 1. The Bertz CT molecular complexity index is 224. The molecule has 0 amide bonds. The summed E-state index contributed by atoms with van der Waals surface area (Å²) in [5.74, 6) is 1.78. The largest absolute Gasteiger partial charge is 0.330 e. The van der Waals surface area contributed by atoms with Crippen molar-refractivity contribution in [2.24, 2.45) is 23.0 Å². The third kappa shape index (κ3) is 6.27. The lowest BCUT2D eigenvalue weighted by atomic mass is 9.75. The molecule has 1 heterocycles. The standard InChI is InChI=1S/C17H36N2/c1-5-15(8-11-18)7-6-12-19-13-9-16(10-14-19)17(2,3)4/h15-16H,5-14,18H2,1-4H3. The van der Waals surface area contributed by atoms with Gasteiger partial charge in [-0.15, -0.1) is 0 Å². The molecule has 0 aromatic rings. The Morgan fingerprint density at radius 2 is 1.79 bits per heavy atom. The van der Waals surface area contributed by atoms with Gasteiger partial charge in [0.05, 0.1) is 0 Å². The normalized spacial score (nSPS) is 20.7. The number of nitrogens with zero attached hydrogens (tertiary/aromatic N) is 1. The Morgan fingerprint density at radius 1 is 1.16 bits per heavy atom. The van der Waals surface area contributed by atoms with Crippen LogP contribution in [0.2, 0.25) is 0 Å². The lowest BCUT2D eigenvalue weighted by Crippen LogP contribution is -2.38. The van der Waals surface area contributed by atoms with Gasteiger partial charge in [0, 0.05) is 0 Å². The van der Waals surface area contributed by atoms with Gasteiger partial charge < -0.3 is 10.6 Å². The highest BCUT2D eigenvalue weighted by Gasteiger charge is 2.28. The maximum absolute atomic E-state index is 5.67. The van der Waals surface area contributed by atoms with E-state index in [4.69, 9.17) is 5.73 Å². The molecule has 1 rings (SSSR count). The Labute approximate surface area is 121 Å². The second-order valence-corrected chi connectivity index (χ2v) is 7.48. The first-order valence-corrected chi connectivity index (χ1v) is 8.39. The van der Waals surface area contributed by atoms with Gasteiger partial charge in [0.25, 0.3) is 0 Å². The van der Waals surface area contributed by atoms with Crippen LogP contribution >= 0.6 is 0 Å². The van der Waals surface area contributed by atoms with Crippen LogP contribution < -0.4 is 5.73 Å². The molecule has 1 atom stereocenters. The van der Waals surface area contributed by atoms with Crippen LogP contribution in [-0.4, -0.2) is 31.1 Å². The molecule has 0 radical (unpaired) electrons. The highest BCUT2D eigenvalue weighted by molar-refractivity contribution is 4.80. The second-order valence-electron chi connectivity index (χ2n) is 7.48. The van der Waals surface area contributed by atoms with Gasteiger partial charge in [-0.3, -0.25) is 0 Å². The summed E-state index contributed by atoms with van der Waals surface area (Å²) >= 11 is 0. The number of piperidine rings is 1. The molecule has 19 heavy (non-hydrogen) atoms. The van der Waals surface area contributed by atoms with Crippen LogP contribution in [0.1, 0.15) is 66.2 Å². The summed E-state index contributed by atoms with van der Waals surface area (Å²) in [5.41, 5.74) is 6.17. The highest BCUT2D eigenvalue weighted by atomic mass is 15.1. The van der Waals surface area contributed by atoms with Crippen LogP contribution in [0.15, 0.2) is 0 Å². The molecule has 1 saturated heterocycles. The van der Waals surface area contributed by atoms with Crippen molar-refractivity contribution in [3.8, 4) is 0 Å². The Kier molecular flexibility index (Phi) is 7.38. The minimum Gasteiger partial charge on any atom is -0.330 e. The molecule has 2 heteroatoms. The zero-order valence-corrected chi connectivity index (χ0v) is 13.8. The van der Waals surface area contributed by atoms with Crippen LogP contribution in [0, 0.1) is 17.3 Å². The molecule has 1 fully saturated rings. The van der Waals surface area contributed by atoms with Crippen molar-refractivity contribution in [2.75, 3.05) is 26.2 Å². The van der Waals surface area contributed by atoms with Crippen molar-refractivity contribution in [3.63, 3.8) is 0 Å². The third-order valence-electron chi connectivity index (χ3n) is 5.05. The van der Waals surface area contributed by atoms with E-state index in [2.05, 4.69) is 32.6 Å². The van der Waals surface area contributed by atoms with Crippen molar-refractivity contribution in [3.05, 3.63) is 0 Å². The minimum atomic E-state index is 0.501. The van der Waals surface area contributed by atoms with Crippen LogP contribution in [0.3, 0.4) is 0 Å². The first-order chi connectivity index (χ1) is 8.97. The summed E-state index contributed by atoms with van der Waals surface area (Å²) in [7, 11) is 0. The average Bonchev–Trinajstić information content (AvgIpc) is 2.37. The number of hydrogen-bond donors (Lipinski definition) is 1. The summed E-state index contributed by atoms with van der Waals surface area (Å²) < 4.78 is 0. The lowest BCUT2D eigenvalue weighted by molar-refractivity contribution is 0.110. The zero-order valence-electron chi connectivity index (χ0n) is 13.8. The first kappa shape index (κ1) is 17.0. The van der Waals surface area contributed by atoms with E-state index in [1.165, 1.54) is 58.2 Å². The molecule has 114 valence electrons. The molecule has 0 aliphatic carbocycles. The minimum absolute atomic E-state index is 0.501. The van der Waals surface area contributed by atoms with Gasteiger partial charge >= 0.3 is 0 Å². The molecule has 1 aliphatic rings. The molecular formula is C17H36N2. The first-order valence-electron chi connectivity index (χ1n) is 8.39. The average molecular weight is 268 g/mol. The zero-order chi connectivity index (χ0) is 14.3. The van der Waals surface area contributed by atoms with Gasteiger partial charge in [-0.25, -0.2) is 0 Å². The predicted octanol–water partition coefficient (Wildman–Crippen LogP) is 3.90. The summed E-state index contributed by atoms with van der Waals surface area (Å²) in [6.45, 7) is 14.3. The van der Waals surface area contributed by atoms with Crippen LogP contribution in [0.25, 0.3) is 0 Å². The molecule has 1 unspecified atom stereocenters. The summed E-state index contributed by atoms with van der Waals surface area (Å²) in [6, 6.07) is 0. The van der Waals surface area contributed by atoms with Gasteiger partial charge in [-0.05, 0) is 75.5 Å². The van der Waals surface area contributed by atoms with Gasteiger partial charge in [0.15, 0.2) is 0 Å². The molecular weight excluding hydrogens is 232 g/mol. The van der Waals surface area contributed by atoms with Crippen LogP contribution in [0.5, 0.6) is 0 Å². The Morgan fingerprint density at radius 3 is 2.26 bits per heavy atom. The smallest absolute Gasteiger partial charge is 0.00159 e. The van der Waals surface area contributed by atoms with Crippen molar-refractivity contribution >= 4 is 0 Å². The molecule has 1 aliphatic heterocycles. The molecule has 2 nitrogen and oxygen atoms in total. The molecule has 0 aromatic carbocycles. The van der Waals surface area contributed by atoms with E-state index in [0.717, 1.165) is 18.4 Å². The number of likely N-dealkylation sites (tertiary alicyclic amines) is 1. The van der Waals surface area contributed by atoms with Crippen molar-refractivity contribution in [1.29, 1.82) is 0 Å². The second kappa shape index (κ2) is 8.26. The van der Waals surface area contributed by atoms with Gasteiger partial charge in [0.2, 0.25) is 0 Å². The third-order valence-corrected chi connectivity index (χ3v) is 5.05. The summed E-state index contributed by atoms with van der Waals surface area (Å²) in [4.78, 5) is 2.68. The fraction of sp³-hybridized carbons (Fsp3) is 1.00. The van der Waals surface area contributed by atoms with E-state index in [1.807, 2.05) is 0 Å². The topological polar surface area (TPSA) is 29.3 Å². The van der Waals surface area contributed by atoms with Crippen LogP contribution in [-0.2, 0) is 0 Å². The Hall–Kier alpha value is -0.0800. The Balaban J connectivity index is 2.16. The quantitative estimate of drug-likeness (QED) is 0.759. The summed E-state index contributed by atoms with van der Waals surface area (Å²) in [6.07, 6.45) is 8.02. The molecule has 0 saturated carbocycles. The maximum Gasteiger partial charge on any atom is -0.00159 e. The molecule has 0 spiro atoms. The fourth-order valence-corrected chi connectivity index (χ4v) is 3.41. The molecule has 2 N–H and O–H groups in total. The maximum atomic E-state index is 5.67.